The van der Waals surface area contributed by atoms with Crippen molar-refractivity contribution in [1.29, 1.82) is 0 Å². The molecular formula is C15H25ClN2O. The van der Waals surface area contributed by atoms with Crippen LogP contribution in [0.4, 0.5) is 0 Å². The molecule has 1 aromatic rings. The number of halogens is 1. The van der Waals surface area contributed by atoms with Crippen molar-refractivity contribution in [2.24, 2.45) is 0 Å². The Kier molecular flexibility index (Phi) is 7.09. The van der Waals surface area contributed by atoms with Crippen molar-refractivity contribution >= 4 is 18.3 Å². The van der Waals surface area contributed by atoms with Gasteiger partial charge in [0.25, 0.3) is 0 Å². The maximum atomic E-state index is 12.2. The van der Waals surface area contributed by atoms with E-state index in [1.807, 2.05) is 59.0 Å². The molecule has 1 amide bonds. The lowest BCUT2D eigenvalue weighted by Gasteiger charge is -2.25. The van der Waals surface area contributed by atoms with E-state index in [1.54, 1.807) is 0 Å². The summed E-state index contributed by atoms with van der Waals surface area (Å²) in [5, 5.41) is 6.09. The second-order valence-electron chi connectivity index (χ2n) is 5.39. The number of amides is 1. The smallest absolute Gasteiger partial charge is 0.230 e. The van der Waals surface area contributed by atoms with Gasteiger partial charge in [-0.15, -0.1) is 12.4 Å². The number of likely N-dealkylation sites (N-methyl/N-ethyl adjacent to an activating group) is 1. The Labute approximate surface area is 122 Å². The van der Waals surface area contributed by atoms with Crippen molar-refractivity contribution in [2.45, 2.75) is 39.2 Å². The average Bonchev–Trinajstić information content (AvgIpc) is 2.35. The molecule has 108 valence electrons. The first-order valence-electron chi connectivity index (χ1n) is 6.40. The fraction of sp³-hybridized carbons (Fsp3) is 0.533. The van der Waals surface area contributed by atoms with Crippen LogP contribution in [0.15, 0.2) is 24.3 Å². The molecule has 4 heteroatoms. The Balaban J connectivity index is 0.00000324. The molecule has 0 heterocycles. The van der Waals surface area contributed by atoms with Crippen LogP contribution in [0.2, 0.25) is 0 Å². The topological polar surface area (TPSA) is 41.1 Å². The lowest BCUT2D eigenvalue weighted by Crippen LogP contribution is -2.45. The predicted octanol–water partition coefficient (Wildman–Crippen LogP) is 2.42. The van der Waals surface area contributed by atoms with E-state index in [-0.39, 0.29) is 24.4 Å². The Morgan fingerprint density at radius 3 is 2.26 bits per heavy atom. The number of nitrogens with one attached hydrogen (secondary N) is 2. The highest BCUT2D eigenvalue weighted by Crippen LogP contribution is 2.23. The van der Waals surface area contributed by atoms with Crippen LogP contribution in [0.5, 0.6) is 0 Å². The molecular weight excluding hydrogens is 260 g/mol. The fourth-order valence-electron chi connectivity index (χ4n) is 1.67. The van der Waals surface area contributed by atoms with E-state index in [9.17, 15) is 4.79 Å². The van der Waals surface area contributed by atoms with Crippen LogP contribution in [0.3, 0.4) is 0 Å². The first kappa shape index (κ1) is 17.9. The van der Waals surface area contributed by atoms with Gasteiger partial charge in [0.1, 0.15) is 0 Å². The van der Waals surface area contributed by atoms with Gasteiger partial charge < -0.3 is 10.6 Å². The number of benzene rings is 1. The molecule has 0 bridgehead atoms. The largest absolute Gasteiger partial charge is 0.354 e. The number of carbonyl (C=O) groups is 1. The summed E-state index contributed by atoms with van der Waals surface area (Å²) < 4.78 is 0. The maximum Gasteiger partial charge on any atom is 0.230 e. The molecule has 3 nitrogen and oxygen atoms in total. The van der Waals surface area contributed by atoms with E-state index < -0.39 is 5.41 Å². The Hall–Kier alpha value is -1.06. The van der Waals surface area contributed by atoms with E-state index in [4.69, 9.17) is 0 Å². The van der Waals surface area contributed by atoms with Crippen LogP contribution in [0.25, 0.3) is 0 Å². The lowest BCUT2D eigenvalue weighted by atomic mass is 9.83. The number of aryl methyl sites for hydroxylation is 1. The minimum absolute atomic E-state index is 0. The van der Waals surface area contributed by atoms with Gasteiger partial charge in [-0.05, 0) is 40.3 Å². The minimum atomic E-state index is -0.499. The molecule has 1 rings (SSSR count). The highest BCUT2D eigenvalue weighted by atomic mass is 35.5. The van der Waals surface area contributed by atoms with Crippen molar-refractivity contribution in [3.8, 4) is 0 Å². The van der Waals surface area contributed by atoms with Gasteiger partial charge in [-0.25, -0.2) is 0 Å². The molecule has 0 fully saturated rings. The predicted molar refractivity (Wildman–Crippen MR) is 83.0 cm³/mol. The molecule has 1 unspecified atom stereocenters. The number of hydrogen-bond donors (Lipinski definition) is 2. The molecule has 0 aliphatic rings. The summed E-state index contributed by atoms with van der Waals surface area (Å²) in [6.07, 6.45) is 0. The summed E-state index contributed by atoms with van der Waals surface area (Å²) in [6.45, 7) is 8.64. The van der Waals surface area contributed by atoms with Crippen molar-refractivity contribution in [2.75, 3.05) is 13.6 Å². The third-order valence-corrected chi connectivity index (χ3v) is 3.40. The normalized spacial score (nSPS) is 12.5. The van der Waals surface area contributed by atoms with Gasteiger partial charge in [-0.3, -0.25) is 4.79 Å². The Bertz CT molecular complexity index is 401. The second-order valence-corrected chi connectivity index (χ2v) is 5.39. The van der Waals surface area contributed by atoms with Crippen molar-refractivity contribution in [1.82, 2.24) is 10.6 Å². The molecule has 0 spiro atoms. The van der Waals surface area contributed by atoms with E-state index in [0.29, 0.717) is 6.54 Å². The third-order valence-electron chi connectivity index (χ3n) is 3.40. The first-order chi connectivity index (χ1) is 8.37. The Morgan fingerprint density at radius 1 is 1.26 bits per heavy atom. The summed E-state index contributed by atoms with van der Waals surface area (Å²) in [4.78, 5) is 12.2. The van der Waals surface area contributed by atoms with Crippen LogP contribution >= 0.6 is 12.4 Å². The van der Waals surface area contributed by atoms with Gasteiger partial charge in [0, 0.05) is 12.6 Å². The lowest BCUT2D eigenvalue weighted by molar-refractivity contribution is -0.125. The average molecular weight is 285 g/mol. The molecule has 0 aliphatic carbocycles. The summed E-state index contributed by atoms with van der Waals surface area (Å²) >= 11 is 0. The molecule has 0 radical (unpaired) electrons. The van der Waals surface area contributed by atoms with Crippen molar-refractivity contribution < 1.29 is 4.79 Å². The van der Waals surface area contributed by atoms with E-state index in [2.05, 4.69) is 10.6 Å². The molecule has 0 saturated carbocycles. The van der Waals surface area contributed by atoms with Gasteiger partial charge in [0.2, 0.25) is 5.91 Å². The quantitative estimate of drug-likeness (QED) is 0.872. The molecule has 0 aliphatic heterocycles. The molecule has 2 N–H and O–H groups in total. The van der Waals surface area contributed by atoms with Crippen LogP contribution in [-0.4, -0.2) is 25.5 Å². The molecule has 0 saturated heterocycles. The maximum absolute atomic E-state index is 12.2. The van der Waals surface area contributed by atoms with E-state index in [0.717, 1.165) is 5.56 Å². The zero-order valence-electron chi connectivity index (χ0n) is 12.4. The van der Waals surface area contributed by atoms with Gasteiger partial charge in [-0.2, -0.15) is 0 Å². The highest BCUT2D eigenvalue weighted by Gasteiger charge is 2.29. The number of rotatable bonds is 5. The standard InChI is InChI=1S/C15H24N2O.ClH/c1-11-6-8-13(9-7-11)15(3,4)14(18)17-10-12(2)16-5;/h6-9,12,16H,10H2,1-5H3,(H,17,18);1H. The minimum Gasteiger partial charge on any atom is -0.354 e. The van der Waals surface area contributed by atoms with Gasteiger partial charge in [0.05, 0.1) is 5.41 Å². The highest BCUT2D eigenvalue weighted by molar-refractivity contribution is 5.87. The second kappa shape index (κ2) is 7.51. The van der Waals surface area contributed by atoms with Crippen LogP contribution in [0.1, 0.15) is 31.9 Å². The first-order valence-corrected chi connectivity index (χ1v) is 6.40. The molecule has 1 atom stereocenters. The summed E-state index contributed by atoms with van der Waals surface area (Å²) in [6, 6.07) is 8.41. The number of hydrogen-bond acceptors (Lipinski definition) is 2. The summed E-state index contributed by atoms with van der Waals surface area (Å²) in [5.74, 6) is 0.0634. The fourth-order valence-corrected chi connectivity index (χ4v) is 1.67. The van der Waals surface area contributed by atoms with E-state index >= 15 is 0 Å². The van der Waals surface area contributed by atoms with Crippen molar-refractivity contribution in [3.63, 3.8) is 0 Å². The summed E-state index contributed by atoms with van der Waals surface area (Å²) in [7, 11) is 1.89. The zero-order chi connectivity index (χ0) is 13.8. The van der Waals surface area contributed by atoms with Gasteiger partial charge in [0.15, 0.2) is 0 Å². The SMILES string of the molecule is CNC(C)CNC(=O)C(C)(C)c1ccc(C)cc1.Cl. The van der Waals surface area contributed by atoms with Gasteiger partial charge in [-0.1, -0.05) is 29.8 Å². The summed E-state index contributed by atoms with van der Waals surface area (Å²) in [5.41, 5.74) is 1.75. The van der Waals surface area contributed by atoms with Crippen LogP contribution < -0.4 is 10.6 Å². The number of carbonyl (C=O) groups excluding carboxylic acids is 1. The molecule has 1 aromatic carbocycles. The third kappa shape index (κ3) is 4.84. The monoisotopic (exact) mass is 284 g/mol. The van der Waals surface area contributed by atoms with E-state index in [1.165, 1.54) is 5.56 Å². The van der Waals surface area contributed by atoms with Gasteiger partial charge >= 0.3 is 0 Å². The molecule has 0 aromatic heterocycles. The van der Waals surface area contributed by atoms with Crippen LogP contribution in [0, 0.1) is 6.92 Å². The van der Waals surface area contributed by atoms with Crippen LogP contribution in [-0.2, 0) is 10.2 Å². The Morgan fingerprint density at radius 2 is 1.79 bits per heavy atom. The zero-order valence-corrected chi connectivity index (χ0v) is 13.2. The molecule has 19 heavy (non-hydrogen) atoms. The van der Waals surface area contributed by atoms with Crippen molar-refractivity contribution in [3.05, 3.63) is 35.4 Å².